The summed E-state index contributed by atoms with van der Waals surface area (Å²) in [6.07, 6.45) is 3.08. The molecule has 0 radical (unpaired) electrons. The third-order valence-corrected chi connectivity index (χ3v) is 4.17. The number of aromatic nitrogens is 1. The molecule has 0 saturated carbocycles. The van der Waals surface area contributed by atoms with Gasteiger partial charge in [0.1, 0.15) is 0 Å². The molecule has 2 rings (SSSR count). The molecule has 0 aromatic carbocycles. The number of hydrogen-bond acceptors (Lipinski definition) is 4. The first-order chi connectivity index (χ1) is 6.70. The Morgan fingerprint density at radius 2 is 2.50 bits per heavy atom. The first-order valence-corrected chi connectivity index (χ1v) is 5.98. The summed E-state index contributed by atoms with van der Waals surface area (Å²) >= 11 is 1.73. The van der Waals surface area contributed by atoms with Crippen molar-refractivity contribution in [2.45, 2.75) is 38.4 Å². The first-order valence-electron chi connectivity index (χ1n) is 5.10. The van der Waals surface area contributed by atoms with Gasteiger partial charge in [-0.2, -0.15) is 0 Å². The quantitative estimate of drug-likeness (QED) is 0.808. The Labute approximate surface area is 88.9 Å². The third-order valence-electron chi connectivity index (χ3n) is 3.22. The maximum atomic E-state index is 6.01. The maximum absolute atomic E-state index is 6.01. The molecule has 0 bridgehead atoms. The fraction of sp³-hybridized carbons (Fsp3) is 0.700. The highest BCUT2D eigenvalue weighted by Crippen LogP contribution is 2.29. The van der Waals surface area contributed by atoms with Gasteiger partial charge < -0.3 is 5.73 Å². The lowest BCUT2D eigenvalue weighted by Gasteiger charge is -2.28. The van der Waals surface area contributed by atoms with E-state index in [1.165, 1.54) is 4.88 Å². The van der Waals surface area contributed by atoms with Crippen molar-refractivity contribution in [2.75, 3.05) is 6.54 Å². The maximum Gasteiger partial charge on any atom is 0.0794 e. The Hall–Kier alpha value is -0.450. The molecule has 1 aromatic heterocycles. The van der Waals surface area contributed by atoms with Crippen molar-refractivity contribution >= 4 is 11.3 Å². The molecule has 2 N–H and O–H groups in total. The molecular formula is C10H17N3S. The lowest BCUT2D eigenvalue weighted by molar-refractivity contribution is 0.201. The number of rotatable bonds is 2. The van der Waals surface area contributed by atoms with E-state index in [-0.39, 0.29) is 0 Å². The summed E-state index contributed by atoms with van der Waals surface area (Å²) in [7, 11) is 0. The predicted octanol–water partition coefficient (Wildman–Crippen LogP) is 1.63. The van der Waals surface area contributed by atoms with E-state index in [9.17, 15) is 0 Å². The van der Waals surface area contributed by atoms with Crippen LogP contribution >= 0.6 is 11.3 Å². The first kappa shape index (κ1) is 10.1. The van der Waals surface area contributed by atoms with Crippen LogP contribution in [0.1, 0.15) is 31.2 Å². The van der Waals surface area contributed by atoms with Crippen molar-refractivity contribution in [1.82, 2.24) is 9.88 Å². The van der Waals surface area contributed by atoms with Crippen LogP contribution in [0.2, 0.25) is 0 Å². The van der Waals surface area contributed by atoms with Crippen LogP contribution in [0, 0.1) is 0 Å². The van der Waals surface area contributed by atoms with Crippen molar-refractivity contribution in [3.63, 3.8) is 0 Å². The summed E-state index contributed by atoms with van der Waals surface area (Å²) in [6.45, 7) is 5.57. The molecule has 0 aliphatic carbocycles. The molecule has 4 heteroatoms. The minimum Gasteiger partial charge on any atom is -0.326 e. The standard InChI is InChI=1S/C10H17N3S/c1-7-9(11)3-4-13(7)8(2)10-5-12-6-14-10/h5-9H,3-4,11H2,1-2H3. The van der Waals surface area contributed by atoms with Gasteiger partial charge in [-0.1, -0.05) is 0 Å². The Morgan fingerprint density at radius 3 is 3.00 bits per heavy atom. The third kappa shape index (κ3) is 1.69. The van der Waals surface area contributed by atoms with Gasteiger partial charge >= 0.3 is 0 Å². The van der Waals surface area contributed by atoms with Crippen LogP contribution in [0.5, 0.6) is 0 Å². The lowest BCUT2D eigenvalue weighted by Crippen LogP contribution is -2.37. The van der Waals surface area contributed by atoms with Crippen LogP contribution in [0.25, 0.3) is 0 Å². The van der Waals surface area contributed by atoms with Gasteiger partial charge in [0, 0.05) is 35.7 Å². The molecule has 1 fully saturated rings. The lowest BCUT2D eigenvalue weighted by atomic mass is 10.1. The van der Waals surface area contributed by atoms with Crippen LogP contribution in [0.15, 0.2) is 11.7 Å². The SMILES string of the molecule is CC(c1cncs1)N1CCC(N)C1C. The highest BCUT2D eigenvalue weighted by molar-refractivity contribution is 7.09. The summed E-state index contributed by atoms with van der Waals surface area (Å²) < 4.78 is 0. The van der Waals surface area contributed by atoms with Gasteiger partial charge in [-0.15, -0.1) is 11.3 Å². The number of likely N-dealkylation sites (tertiary alicyclic amines) is 1. The zero-order valence-electron chi connectivity index (χ0n) is 8.68. The fourth-order valence-corrected chi connectivity index (χ4v) is 2.83. The molecule has 1 saturated heterocycles. The number of thiazole rings is 1. The average Bonchev–Trinajstić information content (AvgIpc) is 2.77. The Morgan fingerprint density at radius 1 is 1.71 bits per heavy atom. The van der Waals surface area contributed by atoms with Crippen molar-refractivity contribution < 1.29 is 0 Å². The van der Waals surface area contributed by atoms with Crippen LogP contribution in [0.4, 0.5) is 0 Å². The molecule has 78 valence electrons. The highest BCUT2D eigenvalue weighted by atomic mass is 32.1. The van der Waals surface area contributed by atoms with Gasteiger partial charge in [0.15, 0.2) is 0 Å². The van der Waals surface area contributed by atoms with E-state index in [0.29, 0.717) is 18.1 Å². The molecule has 0 amide bonds. The normalized spacial score (nSPS) is 30.8. The van der Waals surface area contributed by atoms with Crippen molar-refractivity contribution in [3.8, 4) is 0 Å². The molecule has 14 heavy (non-hydrogen) atoms. The Bertz CT molecular complexity index is 286. The minimum absolute atomic E-state index is 0.338. The summed E-state index contributed by atoms with van der Waals surface area (Å²) in [4.78, 5) is 7.93. The molecular weight excluding hydrogens is 194 g/mol. The van der Waals surface area contributed by atoms with Crippen LogP contribution in [0.3, 0.4) is 0 Å². The van der Waals surface area contributed by atoms with Crippen molar-refractivity contribution in [1.29, 1.82) is 0 Å². The van der Waals surface area contributed by atoms with E-state index in [1.807, 2.05) is 11.7 Å². The number of hydrogen-bond donors (Lipinski definition) is 1. The number of nitrogens with zero attached hydrogens (tertiary/aromatic N) is 2. The zero-order chi connectivity index (χ0) is 10.1. The van der Waals surface area contributed by atoms with Gasteiger partial charge in [-0.05, 0) is 20.3 Å². The summed E-state index contributed by atoms with van der Waals surface area (Å²) in [5.74, 6) is 0. The van der Waals surface area contributed by atoms with Crippen molar-refractivity contribution in [3.05, 3.63) is 16.6 Å². The molecule has 3 nitrogen and oxygen atoms in total. The smallest absolute Gasteiger partial charge is 0.0794 e. The van der Waals surface area contributed by atoms with Gasteiger partial charge in [-0.25, -0.2) is 0 Å². The largest absolute Gasteiger partial charge is 0.326 e. The van der Waals surface area contributed by atoms with Crippen LogP contribution < -0.4 is 5.73 Å². The Balaban J connectivity index is 2.09. The van der Waals surface area contributed by atoms with Gasteiger partial charge in [0.2, 0.25) is 0 Å². The van der Waals surface area contributed by atoms with Gasteiger partial charge in [0.25, 0.3) is 0 Å². The number of nitrogens with two attached hydrogens (primary N) is 1. The molecule has 3 unspecified atom stereocenters. The van der Waals surface area contributed by atoms with Gasteiger partial charge in [-0.3, -0.25) is 9.88 Å². The van der Waals surface area contributed by atoms with Crippen molar-refractivity contribution in [2.24, 2.45) is 5.73 Å². The summed E-state index contributed by atoms with van der Waals surface area (Å²) in [6, 6.07) is 1.29. The second-order valence-electron chi connectivity index (χ2n) is 4.01. The monoisotopic (exact) mass is 211 g/mol. The molecule has 1 aliphatic rings. The highest BCUT2D eigenvalue weighted by Gasteiger charge is 2.31. The zero-order valence-corrected chi connectivity index (χ0v) is 9.50. The summed E-state index contributed by atoms with van der Waals surface area (Å²) in [5.41, 5.74) is 7.90. The average molecular weight is 211 g/mol. The van der Waals surface area contributed by atoms with E-state index in [2.05, 4.69) is 23.7 Å². The second kappa shape index (κ2) is 3.96. The van der Waals surface area contributed by atoms with E-state index in [0.717, 1.165) is 13.0 Å². The topological polar surface area (TPSA) is 42.2 Å². The minimum atomic E-state index is 0.338. The predicted molar refractivity (Wildman–Crippen MR) is 59.3 cm³/mol. The Kier molecular flexibility index (Phi) is 2.85. The van der Waals surface area contributed by atoms with E-state index in [4.69, 9.17) is 5.73 Å². The molecule has 0 spiro atoms. The van der Waals surface area contributed by atoms with E-state index >= 15 is 0 Å². The fourth-order valence-electron chi connectivity index (χ4n) is 2.13. The van der Waals surface area contributed by atoms with E-state index in [1.54, 1.807) is 11.3 Å². The summed E-state index contributed by atoms with van der Waals surface area (Å²) in [5, 5.41) is 0. The molecule has 3 atom stereocenters. The molecule has 1 aliphatic heterocycles. The second-order valence-corrected chi connectivity index (χ2v) is 4.93. The molecule has 2 heterocycles. The van der Waals surface area contributed by atoms with Crippen LogP contribution in [-0.2, 0) is 0 Å². The van der Waals surface area contributed by atoms with Crippen LogP contribution in [-0.4, -0.2) is 28.5 Å². The van der Waals surface area contributed by atoms with Gasteiger partial charge in [0.05, 0.1) is 5.51 Å². The van der Waals surface area contributed by atoms with E-state index < -0.39 is 0 Å². The molecule has 1 aromatic rings.